The highest BCUT2D eigenvalue weighted by atomic mass is 16.5. The molecule has 18 rings (SSSR count). The van der Waals surface area contributed by atoms with E-state index >= 15 is 0 Å². The maximum absolute atomic E-state index is 7.76. The van der Waals surface area contributed by atoms with Gasteiger partial charge in [0.15, 0.2) is 0 Å². The van der Waals surface area contributed by atoms with Crippen LogP contribution in [0.1, 0.15) is 338 Å². The van der Waals surface area contributed by atoms with Crippen molar-refractivity contribution in [2.24, 2.45) is 0 Å². The normalized spacial score (nSPS) is 33.8. The van der Waals surface area contributed by atoms with E-state index < -0.39 is 0 Å². The zero-order valence-corrected chi connectivity index (χ0v) is 45.6. The Balaban J connectivity index is 0.888. The van der Waals surface area contributed by atoms with Crippen LogP contribution in [0.15, 0.2) is 48.5 Å². The lowest BCUT2D eigenvalue weighted by molar-refractivity contribution is 0.0581. The molecule has 8 bridgehead atoms. The smallest absolute Gasteiger partial charge is 0.0915 e. The molecule has 4 aliphatic carbocycles. The molecule has 4 nitrogen and oxygen atoms in total. The van der Waals surface area contributed by atoms with Crippen LogP contribution in [0.4, 0.5) is 0 Å². The molecular weight excluding hydrogens is 929 g/mol. The zero-order valence-electron chi connectivity index (χ0n) is 45.6. The van der Waals surface area contributed by atoms with Crippen molar-refractivity contribution in [3.05, 3.63) is 160 Å². The van der Waals surface area contributed by atoms with Crippen molar-refractivity contribution < 1.29 is 18.9 Å². The first kappa shape index (κ1) is 44.5. The highest BCUT2D eigenvalue weighted by Crippen LogP contribution is 2.80. The van der Waals surface area contributed by atoms with Crippen LogP contribution in [0.3, 0.4) is 0 Å². The molecule has 8 heterocycles. The number of benzene rings is 6. The summed E-state index contributed by atoms with van der Waals surface area (Å²) in [6.07, 6.45) is 25.8. The molecule has 6 aromatic rings. The number of hydrogen-bond acceptors (Lipinski definition) is 4. The minimum Gasteiger partial charge on any atom is -0.364 e. The van der Waals surface area contributed by atoms with Crippen LogP contribution in [0.25, 0.3) is 21.5 Å². The predicted molar refractivity (Wildman–Crippen MR) is 300 cm³/mol. The van der Waals surface area contributed by atoms with E-state index in [0.29, 0.717) is 47.3 Å². The van der Waals surface area contributed by atoms with Gasteiger partial charge in [0.2, 0.25) is 0 Å². The molecule has 76 heavy (non-hydrogen) atoms. The second-order valence-corrected chi connectivity index (χ2v) is 27.1. The van der Waals surface area contributed by atoms with Gasteiger partial charge in [0.05, 0.1) is 48.8 Å². The zero-order chi connectivity index (χ0) is 49.7. The molecule has 0 saturated carbocycles. The molecule has 4 heteroatoms. The topological polar surface area (TPSA) is 36.9 Å². The highest BCUT2D eigenvalue weighted by Gasteiger charge is 2.67. The van der Waals surface area contributed by atoms with Gasteiger partial charge in [-0.1, -0.05) is 153 Å². The molecule has 4 saturated heterocycles. The summed E-state index contributed by atoms with van der Waals surface area (Å²) in [6, 6.07) is 21.2. The van der Waals surface area contributed by atoms with Gasteiger partial charge in [0.25, 0.3) is 0 Å². The van der Waals surface area contributed by atoms with Crippen molar-refractivity contribution in [1.29, 1.82) is 0 Å². The third-order valence-electron chi connectivity index (χ3n) is 23.9. The van der Waals surface area contributed by atoms with Gasteiger partial charge in [-0.05, 0) is 184 Å². The highest BCUT2D eigenvalue weighted by molar-refractivity contribution is 6.02. The summed E-state index contributed by atoms with van der Waals surface area (Å²) < 4.78 is 31.1. The minimum atomic E-state index is 0.0961. The molecule has 8 aliphatic heterocycles. The van der Waals surface area contributed by atoms with Gasteiger partial charge in [-0.25, -0.2) is 0 Å². The van der Waals surface area contributed by atoms with Gasteiger partial charge < -0.3 is 18.9 Å². The molecule has 0 spiro atoms. The Hall–Kier alpha value is -4.32. The summed E-state index contributed by atoms with van der Waals surface area (Å²) in [5.41, 5.74) is 32.5. The second-order valence-electron chi connectivity index (χ2n) is 27.1. The van der Waals surface area contributed by atoms with E-state index in [1.54, 1.807) is 133 Å². The lowest BCUT2D eigenvalue weighted by Crippen LogP contribution is -2.25. The molecule has 0 unspecified atom stereocenters. The summed E-state index contributed by atoms with van der Waals surface area (Å²) in [5, 5.41) is 6.50. The van der Waals surface area contributed by atoms with Crippen LogP contribution in [0.2, 0.25) is 0 Å². The second kappa shape index (κ2) is 15.7. The molecular formula is C72H76O4. The number of hydrogen-bond donors (Lipinski definition) is 0. The molecule has 388 valence electrons. The van der Waals surface area contributed by atoms with E-state index in [1.165, 1.54) is 103 Å². The first-order chi connectivity index (χ1) is 37.7. The van der Waals surface area contributed by atoms with Crippen LogP contribution in [-0.4, -0.2) is 0 Å². The number of ether oxygens (including phenoxy) is 4. The average Bonchev–Trinajstić information content (AvgIpc) is 4.43. The fraction of sp³-hybridized carbons (Fsp3) is 0.556. The van der Waals surface area contributed by atoms with Gasteiger partial charge in [-0.2, -0.15) is 0 Å². The van der Waals surface area contributed by atoms with E-state index in [1.807, 2.05) is 0 Å². The van der Waals surface area contributed by atoms with Gasteiger partial charge in [-0.3, -0.25) is 0 Å². The Morgan fingerprint density at radius 2 is 0.408 bits per heavy atom. The Kier molecular flexibility index (Phi) is 9.22. The van der Waals surface area contributed by atoms with Crippen molar-refractivity contribution in [2.75, 3.05) is 0 Å². The lowest BCUT2D eigenvalue weighted by Gasteiger charge is -2.36. The van der Waals surface area contributed by atoms with Crippen molar-refractivity contribution in [3.63, 3.8) is 0 Å². The first-order valence-corrected chi connectivity index (χ1v) is 31.9. The molecule has 0 aromatic heterocycles. The van der Waals surface area contributed by atoms with Gasteiger partial charge in [0, 0.05) is 47.3 Å². The van der Waals surface area contributed by atoms with Gasteiger partial charge >= 0.3 is 0 Å². The Labute approximate surface area is 450 Å². The van der Waals surface area contributed by atoms with Gasteiger partial charge in [0.1, 0.15) is 0 Å². The van der Waals surface area contributed by atoms with E-state index in [0.717, 1.165) is 25.7 Å². The predicted octanol–water partition coefficient (Wildman–Crippen LogP) is 18.8. The summed E-state index contributed by atoms with van der Waals surface area (Å²) in [5.74, 6) is 2.86. The van der Waals surface area contributed by atoms with Crippen LogP contribution in [0.5, 0.6) is 0 Å². The molecule has 0 radical (unpaired) electrons. The van der Waals surface area contributed by atoms with E-state index in [2.05, 4.69) is 76.2 Å². The standard InChI is InChI=1S/C72H76O4/c1-5-9-13-17-21-33-49-51-34(22-18-14-10-6-2)52-50(33)66-58-38-26-28-42-48-44(32-30-40(46(38)48)60(58)68(52)74-66)64-62(42)70-54-35(23-19-15-11-7-3)53-55(36(24-20-16-12-8-4)56(54)72(64)76-70)71-63-43-31-29-39-45-37(57-59(39)67(51)73-65(49)57)25-27-41(47(43)45)61(63)69(53)75-71/h25-32,57-72H,5-24H2,1-4H3/t57-,58-,59-,60+,61-,62-,63+,64+,65-,66-,67+,68+,69-,70+,71+,72-/m0/s1. The Morgan fingerprint density at radius 3 is 0.566 bits per heavy atom. The fourth-order valence-electron chi connectivity index (χ4n) is 21.5. The third kappa shape index (κ3) is 5.03. The quantitative estimate of drug-likeness (QED) is 0.0714. The Morgan fingerprint density at radius 1 is 0.237 bits per heavy atom. The number of unbranched alkanes of at least 4 members (excludes halogenated alkanes) is 12. The molecule has 6 aromatic carbocycles. The average molecular weight is 1010 g/mol. The summed E-state index contributed by atoms with van der Waals surface area (Å²) >= 11 is 0. The van der Waals surface area contributed by atoms with Crippen molar-refractivity contribution in [1.82, 2.24) is 0 Å². The maximum Gasteiger partial charge on any atom is 0.0915 e. The monoisotopic (exact) mass is 1000 g/mol. The minimum absolute atomic E-state index is 0.0961. The number of fused-ring (bicyclic) bond motifs is 40. The molecule has 4 fully saturated rings. The first-order valence-electron chi connectivity index (χ1n) is 31.9. The van der Waals surface area contributed by atoms with Crippen LogP contribution in [0, 0.1) is 0 Å². The fourth-order valence-corrected chi connectivity index (χ4v) is 21.5. The summed E-state index contributed by atoms with van der Waals surface area (Å²) in [4.78, 5) is 0. The van der Waals surface area contributed by atoms with Crippen LogP contribution in [-0.2, 0) is 44.6 Å². The maximum atomic E-state index is 7.76. The van der Waals surface area contributed by atoms with Crippen molar-refractivity contribution >= 4 is 21.5 Å². The van der Waals surface area contributed by atoms with Crippen LogP contribution >= 0.6 is 0 Å². The van der Waals surface area contributed by atoms with Crippen molar-refractivity contribution in [2.45, 2.75) is 252 Å². The summed E-state index contributed by atoms with van der Waals surface area (Å²) in [6.45, 7) is 9.48. The van der Waals surface area contributed by atoms with Gasteiger partial charge in [-0.15, -0.1) is 0 Å². The third-order valence-corrected chi connectivity index (χ3v) is 23.9. The molecule has 16 atom stereocenters. The summed E-state index contributed by atoms with van der Waals surface area (Å²) in [7, 11) is 0. The van der Waals surface area contributed by atoms with Crippen LogP contribution < -0.4 is 0 Å². The largest absolute Gasteiger partial charge is 0.364 e. The molecule has 0 amide bonds. The van der Waals surface area contributed by atoms with E-state index in [9.17, 15) is 0 Å². The lowest BCUT2D eigenvalue weighted by atomic mass is 9.64. The molecule has 12 aliphatic rings. The Bertz CT molecular complexity index is 2940. The molecule has 0 N–H and O–H groups in total. The van der Waals surface area contributed by atoms with Crippen molar-refractivity contribution in [3.8, 4) is 0 Å². The number of rotatable bonds is 20. The SMILES string of the molecule is CCCCCCc1c2c3c(CCCCCC)c4c1[C@H]1O[C@@H]4[C@H]4c5ccc6c7c(ccc(c57)[C@@H]41)[C@@H]1[C@H]6[C@H]4O[C@@H]1c1c(CCCCCC)c5c(c(CCCCCC)c14)[C@H]1O[C@@H]5[C@@H]4c5ccc6c7c(ccc(c57)[C@@H]41)[C@H]1[C@@H]6[C@@H]2O[C@@H]31. The van der Waals surface area contributed by atoms with E-state index in [-0.39, 0.29) is 48.8 Å². The van der Waals surface area contributed by atoms with E-state index in [4.69, 9.17) is 18.9 Å².